The Balaban J connectivity index is 2.98. The van der Waals surface area contributed by atoms with Crippen LogP contribution in [0.15, 0.2) is 24.3 Å². The van der Waals surface area contributed by atoms with Crippen molar-refractivity contribution >= 4 is 17.2 Å². The number of benzene rings is 1. The number of hydrogen-bond donors (Lipinski definition) is 0. The first-order chi connectivity index (χ1) is 8.72. The van der Waals surface area contributed by atoms with Crippen molar-refractivity contribution in [2.75, 3.05) is 19.1 Å². The highest BCUT2D eigenvalue weighted by molar-refractivity contribution is 6.17. The molecule has 1 aromatic carbocycles. The fraction of sp³-hybridized carbons (Fsp3) is 0.467. The Morgan fingerprint density at radius 3 is 2.44 bits per heavy atom. The summed E-state index contributed by atoms with van der Waals surface area (Å²) in [6, 6.07) is 6.03. The number of rotatable bonds is 7. The molecule has 0 amide bonds. The second kappa shape index (κ2) is 8.04. The Morgan fingerprint density at radius 1 is 1.17 bits per heavy atom. The van der Waals surface area contributed by atoms with Crippen molar-refractivity contribution in [2.24, 2.45) is 0 Å². The molecule has 0 saturated heterocycles. The lowest BCUT2D eigenvalue weighted by molar-refractivity contribution is 0.287. The van der Waals surface area contributed by atoms with Crippen molar-refractivity contribution < 1.29 is 9.47 Å². The minimum atomic E-state index is 0.633. The van der Waals surface area contributed by atoms with Crippen molar-refractivity contribution in [1.82, 2.24) is 0 Å². The molecule has 0 fully saturated rings. The summed E-state index contributed by atoms with van der Waals surface area (Å²) in [6.45, 7) is 7.29. The summed E-state index contributed by atoms with van der Waals surface area (Å²) in [4.78, 5) is 0. The summed E-state index contributed by atoms with van der Waals surface area (Å²) in [5, 5.41) is 0. The highest BCUT2D eigenvalue weighted by Gasteiger charge is 2.06. The summed E-state index contributed by atoms with van der Waals surface area (Å²) in [6.07, 6.45) is 3.02. The third-order valence-electron chi connectivity index (χ3n) is 2.56. The number of ether oxygens (including phenoxy) is 2. The van der Waals surface area contributed by atoms with Crippen LogP contribution in [0.3, 0.4) is 0 Å². The molecule has 100 valence electrons. The SMILES string of the molecule is CCOc1ccc(C(C)=CCCCl)cc1OCC. The van der Waals surface area contributed by atoms with Crippen LogP contribution in [-0.2, 0) is 0 Å². The van der Waals surface area contributed by atoms with Crippen molar-refractivity contribution in [3.8, 4) is 11.5 Å². The molecular formula is C15H21ClO2. The Morgan fingerprint density at radius 2 is 1.83 bits per heavy atom. The molecule has 0 aliphatic rings. The molecule has 0 aliphatic heterocycles. The van der Waals surface area contributed by atoms with Gasteiger partial charge in [-0.25, -0.2) is 0 Å². The quantitative estimate of drug-likeness (QED) is 0.677. The molecule has 18 heavy (non-hydrogen) atoms. The molecule has 0 aliphatic carbocycles. The van der Waals surface area contributed by atoms with Crippen LogP contribution < -0.4 is 9.47 Å². The molecule has 0 saturated carbocycles. The number of allylic oxidation sites excluding steroid dienone is 2. The zero-order chi connectivity index (χ0) is 13.4. The van der Waals surface area contributed by atoms with Gasteiger partial charge in [-0.3, -0.25) is 0 Å². The average molecular weight is 269 g/mol. The Labute approximate surface area is 115 Å². The van der Waals surface area contributed by atoms with Crippen LogP contribution in [0.2, 0.25) is 0 Å². The molecule has 0 N–H and O–H groups in total. The van der Waals surface area contributed by atoms with E-state index in [1.165, 1.54) is 5.57 Å². The van der Waals surface area contributed by atoms with E-state index in [1.54, 1.807) is 0 Å². The predicted octanol–water partition coefficient (Wildman–Crippen LogP) is 4.52. The predicted molar refractivity (Wildman–Crippen MR) is 77.8 cm³/mol. The van der Waals surface area contributed by atoms with E-state index in [9.17, 15) is 0 Å². The molecule has 0 aromatic heterocycles. The van der Waals surface area contributed by atoms with Crippen LogP contribution in [0.5, 0.6) is 11.5 Å². The van der Waals surface area contributed by atoms with Gasteiger partial charge in [-0.1, -0.05) is 12.1 Å². The average Bonchev–Trinajstić information content (AvgIpc) is 2.38. The molecule has 3 heteroatoms. The molecule has 0 spiro atoms. The maximum atomic E-state index is 5.69. The fourth-order valence-electron chi connectivity index (χ4n) is 1.69. The minimum Gasteiger partial charge on any atom is -0.490 e. The van der Waals surface area contributed by atoms with Crippen LogP contribution in [-0.4, -0.2) is 19.1 Å². The van der Waals surface area contributed by atoms with Crippen LogP contribution in [0, 0.1) is 0 Å². The second-order valence-corrected chi connectivity index (χ2v) is 4.27. The summed E-state index contributed by atoms with van der Waals surface area (Å²) in [5.74, 6) is 2.25. The van der Waals surface area contributed by atoms with E-state index in [0.29, 0.717) is 19.1 Å². The van der Waals surface area contributed by atoms with Crippen LogP contribution in [0.1, 0.15) is 32.8 Å². The zero-order valence-electron chi connectivity index (χ0n) is 11.3. The highest BCUT2D eigenvalue weighted by Crippen LogP contribution is 2.31. The first kappa shape index (κ1) is 14.9. The Bertz CT molecular complexity index is 399. The van der Waals surface area contributed by atoms with E-state index in [-0.39, 0.29) is 0 Å². The van der Waals surface area contributed by atoms with E-state index in [2.05, 4.69) is 13.0 Å². The molecule has 0 bridgehead atoms. The second-order valence-electron chi connectivity index (χ2n) is 3.89. The van der Waals surface area contributed by atoms with Gasteiger partial charge in [0.05, 0.1) is 13.2 Å². The van der Waals surface area contributed by atoms with Crippen molar-refractivity contribution in [3.63, 3.8) is 0 Å². The molecule has 0 heterocycles. The van der Waals surface area contributed by atoms with E-state index in [0.717, 1.165) is 23.5 Å². The third-order valence-corrected chi connectivity index (χ3v) is 2.78. The van der Waals surface area contributed by atoms with Gasteiger partial charge in [0.2, 0.25) is 0 Å². The lowest BCUT2D eigenvalue weighted by atomic mass is 10.1. The molecule has 0 radical (unpaired) electrons. The van der Waals surface area contributed by atoms with Gasteiger partial charge >= 0.3 is 0 Å². The largest absolute Gasteiger partial charge is 0.490 e. The molecule has 0 atom stereocenters. The van der Waals surface area contributed by atoms with Gasteiger partial charge in [0, 0.05) is 5.88 Å². The Kier molecular flexibility index (Phi) is 6.66. The normalized spacial score (nSPS) is 11.4. The van der Waals surface area contributed by atoms with Crippen LogP contribution in [0.25, 0.3) is 5.57 Å². The van der Waals surface area contributed by atoms with E-state index in [1.807, 2.05) is 32.0 Å². The summed E-state index contributed by atoms with van der Waals surface area (Å²) >= 11 is 5.69. The maximum Gasteiger partial charge on any atom is 0.161 e. The molecule has 1 rings (SSSR count). The standard InChI is InChI=1S/C15H21ClO2/c1-4-17-14-9-8-13(11-15(14)18-5-2)12(3)7-6-10-16/h7-9,11H,4-6,10H2,1-3H3. The molecular weight excluding hydrogens is 248 g/mol. The van der Waals surface area contributed by atoms with Gasteiger partial charge in [0.1, 0.15) is 0 Å². The van der Waals surface area contributed by atoms with Gasteiger partial charge in [0.15, 0.2) is 11.5 Å². The number of alkyl halides is 1. The van der Waals surface area contributed by atoms with Gasteiger partial charge in [-0.15, -0.1) is 11.6 Å². The Hall–Kier alpha value is -1.15. The van der Waals surface area contributed by atoms with Crippen molar-refractivity contribution in [3.05, 3.63) is 29.8 Å². The van der Waals surface area contributed by atoms with Gasteiger partial charge in [0.25, 0.3) is 0 Å². The smallest absolute Gasteiger partial charge is 0.161 e. The topological polar surface area (TPSA) is 18.5 Å². The zero-order valence-corrected chi connectivity index (χ0v) is 12.1. The minimum absolute atomic E-state index is 0.633. The molecule has 1 aromatic rings. The van der Waals surface area contributed by atoms with Crippen molar-refractivity contribution in [2.45, 2.75) is 27.2 Å². The van der Waals surface area contributed by atoms with Gasteiger partial charge in [-0.05, 0) is 50.5 Å². The third kappa shape index (κ3) is 4.26. The maximum absolute atomic E-state index is 5.69. The lowest BCUT2D eigenvalue weighted by Crippen LogP contribution is -1.99. The lowest BCUT2D eigenvalue weighted by Gasteiger charge is -2.12. The molecule has 2 nitrogen and oxygen atoms in total. The van der Waals surface area contributed by atoms with Crippen LogP contribution >= 0.6 is 11.6 Å². The van der Waals surface area contributed by atoms with Gasteiger partial charge in [-0.2, -0.15) is 0 Å². The monoisotopic (exact) mass is 268 g/mol. The summed E-state index contributed by atoms with van der Waals surface area (Å²) in [7, 11) is 0. The number of hydrogen-bond acceptors (Lipinski definition) is 2. The summed E-state index contributed by atoms with van der Waals surface area (Å²) < 4.78 is 11.1. The molecule has 0 unspecified atom stereocenters. The van der Waals surface area contributed by atoms with Crippen LogP contribution in [0.4, 0.5) is 0 Å². The first-order valence-corrected chi connectivity index (χ1v) is 6.89. The van der Waals surface area contributed by atoms with Gasteiger partial charge < -0.3 is 9.47 Å². The summed E-state index contributed by atoms with van der Waals surface area (Å²) in [5.41, 5.74) is 2.35. The van der Waals surface area contributed by atoms with Crippen molar-refractivity contribution in [1.29, 1.82) is 0 Å². The first-order valence-electron chi connectivity index (χ1n) is 6.35. The number of halogens is 1. The highest BCUT2D eigenvalue weighted by atomic mass is 35.5. The van der Waals surface area contributed by atoms with E-state index < -0.39 is 0 Å². The van der Waals surface area contributed by atoms with E-state index >= 15 is 0 Å². The van der Waals surface area contributed by atoms with E-state index in [4.69, 9.17) is 21.1 Å². The fourth-order valence-corrected chi connectivity index (χ4v) is 1.79.